The summed E-state index contributed by atoms with van der Waals surface area (Å²) in [6, 6.07) is 0. The second-order valence-electron chi connectivity index (χ2n) is 2.91. The molecule has 0 spiro atoms. The van der Waals surface area contributed by atoms with Gasteiger partial charge in [-0.2, -0.15) is 0 Å². The van der Waals surface area contributed by atoms with Crippen LogP contribution in [0.5, 0.6) is 0 Å². The predicted octanol–water partition coefficient (Wildman–Crippen LogP) is 1.65. The molecule has 0 aliphatic carbocycles. The molecule has 0 fully saturated rings. The number of hydrogen-bond acceptors (Lipinski definition) is 0. The van der Waals surface area contributed by atoms with E-state index in [-0.39, 0.29) is 0 Å². The second kappa shape index (κ2) is 1.93. The molecule has 0 aromatic heterocycles. The van der Waals surface area contributed by atoms with E-state index >= 15 is 0 Å². The van der Waals surface area contributed by atoms with Crippen LogP contribution in [0, 0.1) is 0 Å². The summed E-state index contributed by atoms with van der Waals surface area (Å²) in [7, 11) is -0.631. The third kappa shape index (κ3) is 4.43. The fraction of sp³-hybridized carbons (Fsp3) is 1.00. The van der Waals surface area contributed by atoms with Crippen LogP contribution in [0.2, 0.25) is 0 Å². The maximum absolute atomic E-state index is 2.38. The van der Waals surface area contributed by atoms with E-state index < -0.39 is 7.26 Å². The number of rotatable bonds is 1. The molecule has 0 unspecified atom stereocenters. The summed E-state index contributed by atoms with van der Waals surface area (Å²) in [5.74, 6) is 0. The van der Waals surface area contributed by atoms with Crippen molar-refractivity contribution in [2.75, 3.05) is 26.2 Å². The predicted molar refractivity (Wildman–Crippen MR) is 36.6 cm³/mol. The van der Waals surface area contributed by atoms with E-state index in [4.69, 9.17) is 0 Å². The molecular weight excluding hydrogens is 91.0 g/mol. The van der Waals surface area contributed by atoms with Gasteiger partial charge in [0.05, 0.1) is 0 Å². The van der Waals surface area contributed by atoms with Crippen LogP contribution >= 0.6 is 7.26 Å². The summed E-state index contributed by atoms with van der Waals surface area (Å²) in [4.78, 5) is 0. The van der Waals surface area contributed by atoms with Gasteiger partial charge in [-0.3, -0.25) is 0 Å². The molecule has 0 bridgehead atoms. The molecule has 40 valence electrons. The minimum atomic E-state index is -0.631. The Kier molecular flexibility index (Phi) is 2.07. The van der Waals surface area contributed by atoms with Gasteiger partial charge in [-0.1, -0.05) is 0 Å². The Morgan fingerprint density at radius 3 is 1.33 bits per heavy atom. The van der Waals surface area contributed by atoms with Crippen LogP contribution < -0.4 is 0 Å². The van der Waals surface area contributed by atoms with Crippen LogP contribution in [0.1, 0.15) is 6.92 Å². The van der Waals surface area contributed by atoms with Crippen molar-refractivity contribution in [2.24, 2.45) is 0 Å². The first-order valence-electron chi connectivity index (χ1n) is 2.56. The molecule has 0 radical (unpaired) electrons. The Balaban J connectivity index is 3.17. The Morgan fingerprint density at radius 2 is 1.33 bits per heavy atom. The van der Waals surface area contributed by atoms with Gasteiger partial charge in [0.25, 0.3) is 0 Å². The van der Waals surface area contributed by atoms with E-state index in [1.165, 1.54) is 6.16 Å². The molecule has 0 saturated carbocycles. The third-order valence-electron chi connectivity index (χ3n) is 1.06. The van der Waals surface area contributed by atoms with Crippen molar-refractivity contribution in [3.05, 3.63) is 0 Å². The molecule has 0 atom stereocenters. The standard InChI is InChI=1S/C5H15P/c1-5-6(2,3)4/h6H,5H2,1-4H3. The van der Waals surface area contributed by atoms with Crippen LogP contribution in [0.4, 0.5) is 0 Å². The van der Waals surface area contributed by atoms with Gasteiger partial charge in [-0.05, 0) is 0 Å². The fourth-order valence-corrected chi connectivity index (χ4v) is 0. The normalized spacial score (nSPS) is 14.7. The summed E-state index contributed by atoms with van der Waals surface area (Å²) in [6.07, 6.45) is 1.41. The van der Waals surface area contributed by atoms with Crippen molar-refractivity contribution in [1.29, 1.82) is 0 Å². The van der Waals surface area contributed by atoms with Gasteiger partial charge in [-0.15, -0.1) is 0 Å². The van der Waals surface area contributed by atoms with Crippen molar-refractivity contribution in [2.45, 2.75) is 6.92 Å². The Morgan fingerprint density at radius 1 is 1.17 bits per heavy atom. The van der Waals surface area contributed by atoms with Crippen LogP contribution in [-0.2, 0) is 0 Å². The molecule has 0 rings (SSSR count). The summed E-state index contributed by atoms with van der Waals surface area (Å²) in [5.41, 5.74) is 0. The van der Waals surface area contributed by atoms with E-state index in [2.05, 4.69) is 26.9 Å². The SMILES string of the molecule is CC[PH](C)(C)C. The average Bonchev–Trinajstić information content (AvgIpc) is 1.35. The molecule has 0 heterocycles. The number of hydrogen-bond donors (Lipinski definition) is 0. The Labute approximate surface area is 41.3 Å². The van der Waals surface area contributed by atoms with Gasteiger partial charge < -0.3 is 0 Å². The first kappa shape index (κ1) is 6.43. The van der Waals surface area contributed by atoms with Crippen LogP contribution in [0.3, 0.4) is 0 Å². The molecule has 1 heteroatoms. The zero-order valence-corrected chi connectivity index (χ0v) is 6.21. The summed E-state index contributed by atoms with van der Waals surface area (Å²) < 4.78 is 0. The topological polar surface area (TPSA) is 0 Å². The van der Waals surface area contributed by atoms with Crippen molar-refractivity contribution in [1.82, 2.24) is 0 Å². The van der Waals surface area contributed by atoms with Crippen LogP contribution in [0.15, 0.2) is 0 Å². The average molecular weight is 106 g/mol. The van der Waals surface area contributed by atoms with Crippen LogP contribution in [-0.4, -0.2) is 26.2 Å². The van der Waals surface area contributed by atoms with Gasteiger partial charge >= 0.3 is 40.3 Å². The van der Waals surface area contributed by atoms with E-state index in [0.29, 0.717) is 0 Å². The fourth-order valence-electron chi connectivity index (χ4n) is 0. The summed E-state index contributed by atoms with van der Waals surface area (Å²) >= 11 is 0. The van der Waals surface area contributed by atoms with E-state index in [0.717, 1.165) is 0 Å². The molecule has 0 nitrogen and oxygen atoms in total. The Bertz CT molecular complexity index is 33.7. The molecule has 6 heavy (non-hydrogen) atoms. The molecule has 0 N–H and O–H groups in total. The van der Waals surface area contributed by atoms with Crippen molar-refractivity contribution in [3.63, 3.8) is 0 Å². The maximum atomic E-state index is 2.38. The monoisotopic (exact) mass is 106 g/mol. The van der Waals surface area contributed by atoms with Gasteiger partial charge in [0.1, 0.15) is 0 Å². The van der Waals surface area contributed by atoms with Gasteiger partial charge in [-0.25, -0.2) is 0 Å². The van der Waals surface area contributed by atoms with Crippen molar-refractivity contribution >= 4 is 7.26 Å². The molecular formula is C5H15P. The quantitative estimate of drug-likeness (QED) is 0.446. The van der Waals surface area contributed by atoms with Crippen molar-refractivity contribution < 1.29 is 0 Å². The van der Waals surface area contributed by atoms with Gasteiger partial charge in [0.15, 0.2) is 0 Å². The molecule has 0 amide bonds. The van der Waals surface area contributed by atoms with E-state index in [9.17, 15) is 0 Å². The Hall–Kier alpha value is 0.430. The van der Waals surface area contributed by atoms with Gasteiger partial charge in [0, 0.05) is 0 Å². The van der Waals surface area contributed by atoms with E-state index in [1.807, 2.05) is 0 Å². The zero-order chi connectivity index (χ0) is 5.21. The summed E-state index contributed by atoms with van der Waals surface area (Å²) in [6.45, 7) is 9.42. The first-order chi connectivity index (χ1) is 2.56. The minimum absolute atomic E-state index is 0.631. The van der Waals surface area contributed by atoms with Gasteiger partial charge in [0.2, 0.25) is 0 Å². The first-order valence-corrected chi connectivity index (χ1v) is 6.27. The molecule has 0 aliphatic rings. The van der Waals surface area contributed by atoms with Crippen molar-refractivity contribution in [3.8, 4) is 0 Å². The zero-order valence-electron chi connectivity index (χ0n) is 5.21. The van der Waals surface area contributed by atoms with E-state index in [1.54, 1.807) is 0 Å². The third-order valence-corrected chi connectivity index (χ3v) is 3.18. The second-order valence-corrected chi connectivity index (χ2v) is 8.74. The summed E-state index contributed by atoms with van der Waals surface area (Å²) in [5, 5.41) is 0. The van der Waals surface area contributed by atoms with Crippen LogP contribution in [0.25, 0.3) is 0 Å². The molecule has 0 aromatic rings. The molecule has 0 saturated heterocycles. The molecule has 0 aromatic carbocycles. The molecule has 0 aliphatic heterocycles.